The van der Waals surface area contributed by atoms with Crippen molar-refractivity contribution in [2.75, 3.05) is 6.61 Å². The molecule has 7 heteroatoms. The average Bonchev–Trinajstić information content (AvgIpc) is 2.00. The Morgan fingerprint density at radius 2 is 1.57 bits per heavy atom. The second kappa shape index (κ2) is 4.37. The van der Waals surface area contributed by atoms with Crippen molar-refractivity contribution < 1.29 is 31.1 Å². The van der Waals surface area contributed by atoms with Crippen LogP contribution in [0.15, 0.2) is 0 Å². The highest BCUT2D eigenvalue weighted by Gasteiger charge is 2.64. The van der Waals surface area contributed by atoms with Crippen LogP contribution in [0, 0.1) is 6.43 Å². The summed E-state index contributed by atoms with van der Waals surface area (Å²) in [7, 11) is 0. The molecule has 0 bridgehead atoms. The molecule has 0 N–H and O–H groups in total. The number of hydrogen-bond donors (Lipinski definition) is 0. The maximum atomic E-state index is 12.4. The van der Waals surface area contributed by atoms with Gasteiger partial charge in [-0.15, -0.1) is 0 Å². The van der Waals surface area contributed by atoms with Crippen LogP contribution in [0.2, 0.25) is 0 Å². The van der Waals surface area contributed by atoms with E-state index in [-0.39, 0.29) is 0 Å². The first-order valence-electron chi connectivity index (χ1n) is 3.67. The second-order valence-electron chi connectivity index (χ2n) is 2.90. The molecule has 85 valence electrons. The molecule has 0 aromatic rings. The van der Waals surface area contributed by atoms with Crippen molar-refractivity contribution in [1.82, 2.24) is 0 Å². The monoisotopic (exact) mass is 223 g/mol. The van der Waals surface area contributed by atoms with E-state index in [4.69, 9.17) is 0 Å². The summed E-state index contributed by atoms with van der Waals surface area (Å²) in [5, 5.41) is 0. The Morgan fingerprint density at radius 3 is 1.86 bits per heavy atom. The van der Waals surface area contributed by atoms with Crippen molar-refractivity contribution in [3.8, 4) is 0 Å². The molecule has 14 heavy (non-hydrogen) atoms. The van der Waals surface area contributed by atoms with Gasteiger partial charge in [0.1, 0.15) is 6.61 Å². The summed E-state index contributed by atoms with van der Waals surface area (Å²) < 4.78 is 76.3. The standard InChI is InChI=1S/C7H9F6O/c1-4(2)14-3-6(10,11)7(12,13)5(8)9/h4H,3H2,1-2H3. The zero-order valence-corrected chi connectivity index (χ0v) is 7.46. The van der Waals surface area contributed by atoms with Crippen molar-refractivity contribution in [2.24, 2.45) is 0 Å². The lowest BCUT2D eigenvalue weighted by Gasteiger charge is -2.25. The molecular formula is C7H9F6O. The predicted molar refractivity (Wildman–Crippen MR) is 36.4 cm³/mol. The van der Waals surface area contributed by atoms with Crippen molar-refractivity contribution in [3.05, 3.63) is 6.43 Å². The highest BCUT2D eigenvalue weighted by molar-refractivity contribution is 4.96. The lowest BCUT2D eigenvalue weighted by Crippen LogP contribution is -2.46. The summed E-state index contributed by atoms with van der Waals surface area (Å²) in [6, 6.07) is 0. The highest BCUT2D eigenvalue weighted by atomic mass is 19.3. The van der Waals surface area contributed by atoms with E-state index >= 15 is 0 Å². The topological polar surface area (TPSA) is 9.23 Å². The molecule has 0 saturated carbocycles. The van der Waals surface area contributed by atoms with Gasteiger partial charge in [-0.3, -0.25) is 0 Å². The SMILES string of the molecule is CC(C)OCC(F)(F)C(F)(F)[C](F)F. The molecule has 0 fully saturated rings. The van der Waals surface area contributed by atoms with Crippen molar-refractivity contribution in [3.63, 3.8) is 0 Å². The van der Waals surface area contributed by atoms with Crippen molar-refractivity contribution in [1.29, 1.82) is 0 Å². The van der Waals surface area contributed by atoms with Gasteiger partial charge in [0.2, 0.25) is 0 Å². The summed E-state index contributed by atoms with van der Waals surface area (Å²) in [5.41, 5.74) is 0. The molecule has 0 unspecified atom stereocenters. The molecule has 0 heterocycles. The Kier molecular flexibility index (Phi) is 4.23. The molecule has 0 aliphatic rings. The first kappa shape index (κ1) is 13.5. The van der Waals surface area contributed by atoms with Crippen LogP contribution in [-0.4, -0.2) is 24.6 Å². The molecule has 0 aromatic heterocycles. The molecule has 0 aromatic carbocycles. The minimum absolute atomic E-state index is 0.737. The fourth-order valence-corrected chi connectivity index (χ4v) is 0.500. The zero-order valence-electron chi connectivity index (χ0n) is 7.46. The van der Waals surface area contributed by atoms with Gasteiger partial charge in [0, 0.05) is 0 Å². The van der Waals surface area contributed by atoms with Crippen LogP contribution in [-0.2, 0) is 4.74 Å². The third-order valence-electron chi connectivity index (χ3n) is 1.29. The molecule has 1 nitrogen and oxygen atoms in total. The largest absolute Gasteiger partial charge is 0.384 e. The predicted octanol–water partition coefficient (Wildman–Crippen LogP) is 3.11. The van der Waals surface area contributed by atoms with Gasteiger partial charge in [0.05, 0.1) is 6.10 Å². The van der Waals surface area contributed by atoms with Crippen molar-refractivity contribution >= 4 is 0 Å². The fraction of sp³-hybridized carbons (Fsp3) is 0.857. The van der Waals surface area contributed by atoms with E-state index in [9.17, 15) is 26.3 Å². The van der Waals surface area contributed by atoms with E-state index in [2.05, 4.69) is 4.74 Å². The van der Waals surface area contributed by atoms with Crippen LogP contribution in [0.3, 0.4) is 0 Å². The van der Waals surface area contributed by atoms with E-state index < -0.39 is 31.0 Å². The van der Waals surface area contributed by atoms with Crippen LogP contribution >= 0.6 is 0 Å². The molecule has 0 rings (SSSR count). The van der Waals surface area contributed by atoms with Gasteiger partial charge in [-0.05, 0) is 13.8 Å². The Balaban J connectivity index is 4.44. The molecule has 0 aliphatic heterocycles. The quantitative estimate of drug-likeness (QED) is 0.650. The lowest BCUT2D eigenvalue weighted by atomic mass is 10.2. The van der Waals surface area contributed by atoms with Crippen LogP contribution in [0.5, 0.6) is 0 Å². The van der Waals surface area contributed by atoms with Gasteiger partial charge in [-0.2, -0.15) is 26.3 Å². The maximum Gasteiger partial charge on any atom is 0.384 e. The second-order valence-corrected chi connectivity index (χ2v) is 2.90. The van der Waals surface area contributed by atoms with E-state index in [0.29, 0.717) is 0 Å². The van der Waals surface area contributed by atoms with Gasteiger partial charge >= 0.3 is 18.3 Å². The summed E-state index contributed by atoms with van der Waals surface area (Å²) in [5.74, 6) is -10.3. The van der Waals surface area contributed by atoms with Crippen LogP contribution < -0.4 is 0 Å². The average molecular weight is 223 g/mol. The minimum Gasteiger partial charge on any atom is -0.372 e. The molecule has 0 atom stereocenters. The lowest BCUT2D eigenvalue weighted by molar-refractivity contribution is -0.251. The maximum absolute atomic E-state index is 12.4. The van der Waals surface area contributed by atoms with E-state index in [1.54, 1.807) is 0 Å². The smallest absolute Gasteiger partial charge is 0.372 e. The summed E-state index contributed by atoms with van der Waals surface area (Å²) in [6.07, 6.45) is -4.35. The van der Waals surface area contributed by atoms with Crippen LogP contribution in [0.4, 0.5) is 26.3 Å². The van der Waals surface area contributed by atoms with Crippen LogP contribution in [0.25, 0.3) is 0 Å². The summed E-state index contributed by atoms with van der Waals surface area (Å²) in [6.45, 7) is 0.905. The molecule has 0 aliphatic carbocycles. The first-order chi connectivity index (χ1) is 6.11. The summed E-state index contributed by atoms with van der Waals surface area (Å²) in [4.78, 5) is 0. The first-order valence-corrected chi connectivity index (χ1v) is 3.67. The molecule has 0 amide bonds. The van der Waals surface area contributed by atoms with E-state index in [1.807, 2.05) is 0 Å². The summed E-state index contributed by atoms with van der Waals surface area (Å²) >= 11 is 0. The van der Waals surface area contributed by atoms with Gasteiger partial charge < -0.3 is 4.74 Å². The van der Waals surface area contributed by atoms with Gasteiger partial charge in [-0.25, -0.2) is 0 Å². The number of rotatable bonds is 5. The van der Waals surface area contributed by atoms with E-state index in [0.717, 1.165) is 0 Å². The Bertz CT molecular complexity index is 179. The Labute approximate surface area is 77.0 Å². The third-order valence-corrected chi connectivity index (χ3v) is 1.29. The third kappa shape index (κ3) is 3.04. The zero-order chi connectivity index (χ0) is 11.6. The van der Waals surface area contributed by atoms with E-state index in [1.165, 1.54) is 13.8 Å². The molecule has 0 spiro atoms. The molecular weight excluding hydrogens is 214 g/mol. The molecule has 0 saturated heterocycles. The minimum atomic E-state index is -5.44. The highest BCUT2D eigenvalue weighted by Crippen LogP contribution is 2.42. The van der Waals surface area contributed by atoms with Crippen molar-refractivity contribution in [2.45, 2.75) is 31.8 Å². The number of ether oxygens (including phenoxy) is 1. The van der Waals surface area contributed by atoms with Crippen LogP contribution in [0.1, 0.15) is 13.8 Å². The number of hydrogen-bond acceptors (Lipinski definition) is 1. The van der Waals surface area contributed by atoms with Gasteiger partial charge in [0.25, 0.3) is 0 Å². The van der Waals surface area contributed by atoms with Gasteiger partial charge in [0.15, 0.2) is 0 Å². The normalized spacial score (nSPS) is 14.1. The molecule has 1 radical (unpaired) electrons. The Hall–Kier alpha value is -0.460. The number of alkyl halides is 4. The Morgan fingerprint density at radius 1 is 1.14 bits per heavy atom. The van der Waals surface area contributed by atoms with Gasteiger partial charge in [-0.1, -0.05) is 0 Å². The fourth-order valence-electron chi connectivity index (χ4n) is 0.500. The number of halogens is 6.